The summed E-state index contributed by atoms with van der Waals surface area (Å²) in [7, 11) is 0. The molecule has 4 rings (SSSR count). The van der Waals surface area contributed by atoms with Crippen molar-refractivity contribution in [3.8, 4) is 11.1 Å². The van der Waals surface area contributed by atoms with Gasteiger partial charge in [-0.25, -0.2) is 0 Å². The van der Waals surface area contributed by atoms with Crippen LogP contribution in [0.1, 0.15) is 69.6 Å². The largest absolute Gasteiger partial charge is 0.454 e. The van der Waals surface area contributed by atoms with Crippen molar-refractivity contribution in [1.29, 1.82) is 0 Å². The molecule has 0 heterocycles. The first-order valence-electron chi connectivity index (χ1n) is 9.91. The van der Waals surface area contributed by atoms with Crippen LogP contribution in [0.3, 0.4) is 0 Å². The lowest BCUT2D eigenvalue weighted by molar-refractivity contribution is -0.171. The summed E-state index contributed by atoms with van der Waals surface area (Å²) in [4.78, 5) is 12.9. The Balaban J connectivity index is 1.77. The van der Waals surface area contributed by atoms with E-state index in [2.05, 4.69) is 49.4 Å². The van der Waals surface area contributed by atoms with Crippen LogP contribution < -0.4 is 0 Å². The van der Waals surface area contributed by atoms with E-state index in [1.54, 1.807) is 0 Å². The van der Waals surface area contributed by atoms with E-state index in [0.717, 1.165) is 38.5 Å². The van der Waals surface area contributed by atoms with Gasteiger partial charge in [0, 0.05) is 0 Å². The Morgan fingerprint density at radius 2 is 1.73 bits per heavy atom. The quantitative estimate of drug-likeness (QED) is 0.540. The van der Waals surface area contributed by atoms with E-state index in [1.807, 2.05) is 13.8 Å². The lowest BCUT2D eigenvalue weighted by Crippen LogP contribution is -2.36. The van der Waals surface area contributed by atoms with E-state index < -0.39 is 11.0 Å². The molecule has 2 aliphatic carbocycles. The Morgan fingerprint density at radius 3 is 2.46 bits per heavy atom. The number of carbonyl (C=O) groups is 1. The van der Waals surface area contributed by atoms with Crippen molar-refractivity contribution in [1.82, 2.24) is 0 Å². The summed E-state index contributed by atoms with van der Waals surface area (Å²) < 4.78 is 6.33. The molecular formula is C24H28O2. The number of fused-ring (bicyclic) bond motifs is 3. The molecule has 2 nitrogen and oxygen atoms in total. The number of esters is 1. The molecule has 0 amide bonds. The predicted octanol–water partition coefficient (Wildman–Crippen LogP) is 6.01. The van der Waals surface area contributed by atoms with Gasteiger partial charge in [0.1, 0.15) is 5.60 Å². The molecule has 2 aromatic carbocycles. The normalized spacial score (nSPS) is 17.7. The standard InChI is InChI=1S/C24H28O2/c1-4-23(2,3)22(25)26-24(14-7-8-15-24)21-13-9-12-19-18-11-6-5-10-17(18)16-20(19)21/h5-6,9-13H,4,7-8,14-16H2,1-3H3. The van der Waals surface area contributed by atoms with Gasteiger partial charge < -0.3 is 4.74 Å². The number of rotatable bonds is 4. The molecule has 0 aromatic heterocycles. The summed E-state index contributed by atoms with van der Waals surface area (Å²) in [6, 6.07) is 15.2. The molecule has 0 spiro atoms. The van der Waals surface area contributed by atoms with Crippen LogP contribution >= 0.6 is 0 Å². The summed E-state index contributed by atoms with van der Waals surface area (Å²) >= 11 is 0. The lowest BCUT2D eigenvalue weighted by atomic mass is 9.84. The van der Waals surface area contributed by atoms with Gasteiger partial charge in [0.05, 0.1) is 5.41 Å². The molecule has 0 aliphatic heterocycles. The van der Waals surface area contributed by atoms with Gasteiger partial charge in [-0.1, -0.05) is 49.4 Å². The molecule has 0 unspecified atom stereocenters. The van der Waals surface area contributed by atoms with Gasteiger partial charge in [-0.2, -0.15) is 0 Å². The summed E-state index contributed by atoms with van der Waals surface area (Å²) in [5.41, 5.74) is 5.74. The van der Waals surface area contributed by atoms with Crippen LogP contribution in [0.15, 0.2) is 42.5 Å². The fourth-order valence-electron chi connectivity index (χ4n) is 4.42. The third-order valence-corrected chi connectivity index (χ3v) is 6.48. The fraction of sp³-hybridized carbons (Fsp3) is 0.458. The molecule has 0 N–H and O–H groups in total. The first-order chi connectivity index (χ1) is 12.5. The van der Waals surface area contributed by atoms with Crippen LogP contribution in [0.2, 0.25) is 0 Å². The van der Waals surface area contributed by atoms with Crippen molar-refractivity contribution in [2.45, 2.75) is 64.9 Å². The van der Waals surface area contributed by atoms with E-state index in [4.69, 9.17) is 4.74 Å². The summed E-state index contributed by atoms with van der Waals surface area (Å²) in [5.74, 6) is -0.0602. The van der Waals surface area contributed by atoms with Crippen molar-refractivity contribution >= 4 is 5.97 Å². The Hall–Kier alpha value is -2.09. The maximum absolute atomic E-state index is 12.9. The Bertz CT molecular complexity index is 841. The van der Waals surface area contributed by atoms with Crippen molar-refractivity contribution in [2.75, 3.05) is 0 Å². The van der Waals surface area contributed by atoms with E-state index in [-0.39, 0.29) is 5.97 Å². The zero-order valence-corrected chi connectivity index (χ0v) is 16.1. The van der Waals surface area contributed by atoms with Gasteiger partial charge >= 0.3 is 5.97 Å². The van der Waals surface area contributed by atoms with Crippen molar-refractivity contribution in [2.24, 2.45) is 5.41 Å². The highest BCUT2D eigenvalue weighted by Crippen LogP contribution is 2.49. The minimum Gasteiger partial charge on any atom is -0.454 e. The average Bonchev–Trinajstić information content (AvgIpc) is 3.26. The molecule has 0 bridgehead atoms. The maximum atomic E-state index is 12.9. The smallest absolute Gasteiger partial charge is 0.312 e. The monoisotopic (exact) mass is 348 g/mol. The zero-order chi connectivity index (χ0) is 18.4. The highest BCUT2D eigenvalue weighted by atomic mass is 16.6. The molecule has 1 fully saturated rings. The van der Waals surface area contributed by atoms with Gasteiger partial charge in [0.25, 0.3) is 0 Å². The van der Waals surface area contributed by atoms with Gasteiger partial charge in [0.15, 0.2) is 0 Å². The first kappa shape index (κ1) is 17.3. The topological polar surface area (TPSA) is 26.3 Å². The van der Waals surface area contributed by atoms with Crippen LogP contribution in [0.5, 0.6) is 0 Å². The molecule has 0 radical (unpaired) electrons. The van der Waals surface area contributed by atoms with Crippen molar-refractivity contribution in [3.05, 3.63) is 59.2 Å². The molecule has 2 aliphatic rings. The van der Waals surface area contributed by atoms with Gasteiger partial charge in [-0.3, -0.25) is 4.79 Å². The second-order valence-corrected chi connectivity index (χ2v) is 8.49. The SMILES string of the molecule is CCC(C)(C)C(=O)OC1(c2cccc3c2Cc2ccccc2-3)CCCC1. The molecule has 0 atom stereocenters. The highest BCUT2D eigenvalue weighted by Gasteiger charge is 2.44. The van der Waals surface area contributed by atoms with Gasteiger partial charge in [-0.05, 0) is 80.2 Å². The molecule has 26 heavy (non-hydrogen) atoms. The maximum Gasteiger partial charge on any atom is 0.312 e. The number of benzene rings is 2. The van der Waals surface area contributed by atoms with Crippen LogP contribution in [0.4, 0.5) is 0 Å². The van der Waals surface area contributed by atoms with E-state index in [1.165, 1.54) is 27.8 Å². The van der Waals surface area contributed by atoms with Crippen molar-refractivity contribution in [3.63, 3.8) is 0 Å². The highest BCUT2D eigenvalue weighted by molar-refractivity contribution is 5.79. The second kappa shape index (κ2) is 6.26. The van der Waals surface area contributed by atoms with Crippen LogP contribution in [0.25, 0.3) is 11.1 Å². The fourth-order valence-corrected chi connectivity index (χ4v) is 4.42. The average molecular weight is 348 g/mol. The Kier molecular flexibility index (Phi) is 4.17. The number of hydrogen-bond acceptors (Lipinski definition) is 2. The first-order valence-corrected chi connectivity index (χ1v) is 9.91. The summed E-state index contributed by atoms with van der Waals surface area (Å²) in [6.07, 6.45) is 5.85. The Morgan fingerprint density at radius 1 is 1.04 bits per heavy atom. The minimum atomic E-state index is -0.448. The number of hydrogen-bond donors (Lipinski definition) is 0. The molecule has 136 valence electrons. The van der Waals surface area contributed by atoms with E-state index in [0.29, 0.717) is 0 Å². The molecule has 2 aromatic rings. The third-order valence-electron chi connectivity index (χ3n) is 6.48. The van der Waals surface area contributed by atoms with Gasteiger partial charge in [0.2, 0.25) is 0 Å². The minimum absolute atomic E-state index is 0.0602. The van der Waals surface area contributed by atoms with Crippen LogP contribution in [-0.4, -0.2) is 5.97 Å². The lowest BCUT2D eigenvalue weighted by Gasteiger charge is -2.35. The zero-order valence-electron chi connectivity index (χ0n) is 16.1. The van der Waals surface area contributed by atoms with Crippen molar-refractivity contribution < 1.29 is 9.53 Å². The predicted molar refractivity (Wildman–Crippen MR) is 105 cm³/mol. The van der Waals surface area contributed by atoms with E-state index >= 15 is 0 Å². The second-order valence-electron chi connectivity index (χ2n) is 8.49. The molecule has 2 heteroatoms. The summed E-state index contributed by atoms with van der Waals surface area (Å²) in [6.45, 7) is 6.03. The van der Waals surface area contributed by atoms with Crippen LogP contribution in [0, 0.1) is 5.41 Å². The Labute approximate surface area is 156 Å². The number of carbonyl (C=O) groups excluding carboxylic acids is 1. The van der Waals surface area contributed by atoms with Gasteiger partial charge in [-0.15, -0.1) is 0 Å². The number of ether oxygens (including phenoxy) is 1. The van der Waals surface area contributed by atoms with E-state index in [9.17, 15) is 4.79 Å². The summed E-state index contributed by atoms with van der Waals surface area (Å²) in [5, 5.41) is 0. The molecule has 0 saturated heterocycles. The molecular weight excluding hydrogens is 320 g/mol. The third kappa shape index (κ3) is 2.67. The van der Waals surface area contributed by atoms with Crippen LogP contribution in [-0.2, 0) is 21.6 Å². The molecule has 1 saturated carbocycles.